The number of nitrogens with two attached hydrogens (primary N) is 1. The van der Waals surface area contributed by atoms with Gasteiger partial charge < -0.3 is 20.7 Å². The third-order valence-electron chi connectivity index (χ3n) is 6.11. The van der Waals surface area contributed by atoms with Crippen molar-refractivity contribution in [1.82, 2.24) is 25.0 Å². The van der Waals surface area contributed by atoms with Crippen molar-refractivity contribution in [3.63, 3.8) is 0 Å². The number of amides is 3. The van der Waals surface area contributed by atoms with Gasteiger partial charge in [0.15, 0.2) is 5.69 Å². The molecule has 1 saturated heterocycles. The molecule has 3 N–H and O–H groups in total. The summed E-state index contributed by atoms with van der Waals surface area (Å²) in [6.45, 7) is 1.66. The van der Waals surface area contributed by atoms with Gasteiger partial charge in [0.2, 0.25) is 11.8 Å². The van der Waals surface area contributed by atoms with Gasteiger partial charge >= 0.3 is 0 Å². The molecule has 3 atom stereocenters. The summed E-state index contributed by atoms with van der Waals surface area (Å²) in [6.07, 6.45) is 2.87. The number of rotatable bonds is 7. The Bertz CT molecular complexity index is 1300. The van der Waals surface area contributed by atoms with Gasteiger partial charge in [-0.1, -0.05) is 23.7 Å². The van der Waals surface area contributed by atoms with E-state index < -0.39 is 41.7 Å². The second kappa shape index (κ2) is 9.96. The van der Waals surface area contributed by atoms with Crippen LogP contribution in [0.15, 0.2) is 36.7 Å². The fourth-order valence-corrected chi connectivity index (χ4v) is 4.56. The summed E-state index contributed by atoms with van der Waals surface area (Å²) < 4.78 is 21.2. The van der Waals surface area contributed by atoms with Crippen LogP contribution >= 0.6 is 11.6 Å². The third kappa shape index (κ3) is 4.69. The van der Waals surface area contributed by atoms with E-state index in [2.05, 4.69) is 15.4 Å². The highest BCUT2D eigenvalue weighted by molar-refractivity contribution is 6.30. The first-order valence-corrected chi connectivity index (χ1v) is 11.3. The van der Waals surface area contributed by atoms with Crippen LogP contribution in [0.25, 0.3) is 10.9 Å². The molecule has 0 radical (unpaired) electrons. The van der Waals surface area contributed by atoms with Gasteiger partial charge in [-0.25, -0.2) is 4.39 Å². The Morgan fingerprint density at radius 1 is 1.34 bits per heavy atom. The highest BCUT2D eigenvalue weighted by atomic mass is 35.5. The molecule has 1 aliphatic heterocycles. The maximum absolute atomic E-state index is 14.4. The number of ether oxygens (including phenoxy) is 1. The lowest BCUT2D eigenvalue weighted by Gasteiger charge is -2.28. The molecule has 35 heavy (non-hydrogen) atoms. The lowest BCUT2D eigenvalue weighted by Crippen LogP contribution is -2.51. The van der Waals surface area contributed by atoms with Gasteiger partial charge in [-0.3, -0.25) is 24.0 Å². The number of nitrogens with one attached hydrogen (secondary N) is 1. The number of carbonyl (C=O) groups is 3. The second-order valence-corrected chi connectivity index (χ2v) is 8.64. The van der Waals surface area contributed by atoms with Crippen LogP contribution in [0, 0.1) is 5.82 Å². The highest BCUT2D eigenvalue weighted by Gasteiger charge is 2.42. The minimum absolute atomic E-state index is 0.0260. The molecule has 2 aromatic heterocycles. The molecular formula is C23H24ClFN6O4. The van der Waals surface area contributed by atoms with E-state index in [1.165, 1.54) is 41.2 Å². The fourth-order valence-electron chi connectivity index (χ4n) is 4.37. The van der Waals surface area contributed by atoms with Gasteiger partial charge in [0.1, 0.15) is 18.4 Å². The van der Waals surface area contributed by atoms with Crippen molar-refractivity contribution in [2.24, 2.45) is 5.73 Å². The summed E-state index contributed by atoms with van der Waals surface area (Å²) in [5.74, 6) is -2.24. The van der Waals surface area contributed by atoms with Gasteiger partial charge in [0.05, 0.1) is 28.9 Å². The molecule has 12 heteroatoms. The minimum Gasteiger partial charge on any atom is -0.379 e. The zero-order valence-electron chi connectivity index (χ0n) is 19.1. The Balaban J connectivity index is 1.56. The maximum Gasteiger partial charge on any atom is 0.269 e. The summed E-state index contributed by atoms with van der Waals surface area (Å²) in [7, 11) is 1.46. The molecule has 4 rings (SSSR count). The van der Waals surface area contributed by atoms with Crippen LogP contribution in [0.4, 0.5) is 4.39 Å². The molecule has 3 heterocycles. The molecule has 3 aromatic rings. The molecule has 0 spiro atoms. The first kappa shape index (κ1) is 24.6. The van der Waals surface area contributed by atoms with Gasteiger partial charge in [0.25, 0.3) is 5.91 Å². The number of hydrogen-bond acceptors (Lipinski definition) is 6. The quantitative estimate of drug-likeness (QED) is 0.506. The maximum atomic E-state index is 14.4. The fraction of sp³-hybridized carbons (Fsp3) is 0.348. The second-order valence-electron chi connectivity index (χ2n) is 8.23. The van der Waals surface area contributed by atoms with Crippen molar-refractivity contribution >= 4 is 40.2 Å². The number of halogens is 2. The average Bonchev–Trinajstić information content (AvgIpc) is 3.43. The van der Waals surface area contributed by atoms with E-state index in [0.717, 1.165) is 0 Å². The summed E-state index contributed by atoms with van der Waals surface area (Å²) >= 11 is 5.87. The SMILES string of the molecule is CO[C@@H]1CCN(C(=O)Cn2nc(C(N)=O)c3ccncc32)[C@@H]1C(=O)N[C@H](C)c1cccc(Cl)c1F. The van der Waals surface area contributed by atoms with Gasteiger partial charge in [-0.05, 0) is 25.5 Å². The Morgan fingerprint density at radius 2 is 2.11 bits per heavy atom. The molecule has 0 aliphatic carbocycles. The number of benzene rings is 1. The lowest BCUT2D eigenvalue weighted by molar-refractivity contribution is -0.141. The molecular weight excluding hydrogens is 479 g/mol. The number of fused-ring (bicyclic) bond motifs is 1. The van der Waals surface area contributed by atoms with Gasteiger partial charge in [-0.2, -0.15) is 5.10 Å². The van der Waals surface area contributed by atoms with Crippen molar-refractivity contribution in [1.29, 1.82) is 0 Å². The number of likely N-dealkylation sites (tertiary alicyclic amines) is 1. The van der Waals surface area contributed by atoms with Crippen molar-refractivity contribution < 1.29 is 23.5 Å². The van der Waals surface area contributed by atoms with Crippen LogP contribution in [0.5, 0.6) is 0 Å². The largest absolute Gasteiger partial charge is 0.379 e. The van der Waals surface area contributed by atoms with Crippen LogP contribution in [-0.2, 0) is 20.9 Å². The summed E-state index contributed by atoms with van der Waals surface area (Å²) in [6, 6.07) is 4.50. The zero-order chi connectivity index (χ0) is 25.3. The van der Waals surface area contributed by atoms with E-state index in [-0.39, 0.29) is 29.4 Å². The zero-order valence-corrected chi connectivity index (χ0v) is 19.8. The Labute approximate surface area is 205 Å². The molecule has 184 valence electrons. The molecule has 0 bridgehead atoms. The van der Waals surface area contributed by atoms with E-state index in [1.54, 1.807) is 19.1 Å². The number of methoxy groups -OCH3 is 1. The first-order valence-electron chi connectivity index (χ1n) is 10.9. The van der Waals surface area contributed by atoms with Crippen molar-refractivity contribution in [3.8, 4) is 0 Å². The smallest absolute Gasteiger partial charge is 0.269 e. The van der Waals surface area contributed by atoms with Crippen molar-refractivity contribution in [2.45, 2.75) is 38.1 Å². The third-order valence-corrected chi connectivity index (χ3v) is 6.41. The molecule has 1 aliphatic rings. The van der Waals surface area contributed by atoms with E-state index in [9.17, 15) is 18.8 Å². The van der Waals surface area contributed by atoms with Crippen LogP contribution in [0.1, 0.15) is 35.4 Å². The topological polar surface area (TPSA) is 132 Å². The minimum atomic E-state index is -0.937. The van der Waals surface area contributed by atoms with Crippen LogP contribution in [0.2, 0.25) is 5.02 Å². The van der Waals surface area contributed by atoms with E-state index >= 15 is 0 Å². The predicted octanol–water partition coefficient (Wildman–Crippen LogP) is 1.82. The molecule has 1 aromatic carbocycles. The molecule has 0 saturated carbocycles. The summed E-state index contributed by atoms with van der Waals surface area (Å²) in [5.41, 5.74) is 6.14. The number of carbonyl (C=O) groups excluding carboxylic acids is 3. The van der Waals surface area contributed by atoms with Gasteiger partial charge in [0, 0.05) is 30.8 Å². The number of nitrogens with zero attached hydrogens (tertiary/aromatic N) is 4. The molecule has 0 unspecified atom stereocenters. The number of hydrogen-bond donors (Lipinski definition) is 2. The van der Waals surface area contributed by atoms with Crippen LogP contribution in [-0.4, -0.2) is 63.2 Å². The Kier molecular flexibility index (Phi) is 6.99. The standard InChI is InChI=1S/C23H24ClFN6O4/c1-12(13-4-3-5-15(24)19(13)25)28-23(34)21-17(35-2)7-9-30(21)18(32)11-31-16-10-27-8-6-14(16)20(29-31)22(26)33/h3-6,8,10,12,17,21H,7,9,11H2,1-2H3,(H2,26,33)(H,28,34)/t12-,17-,21+/m1/s1. The first-order chi connectivity index (χ1) is 16.7. The summed E-state index contributed by atoms with van der Waals surface area (Å²) in [5, 5.41) is 7.37. The Morgan fingerprint density at radius 3 is 2.83 bits per heavy atom. The average molecular weight is 503 g/mol. The van der Waals surface area contributed by atoms with Crippen molar-refractivity contribution in [2.75, 3.05) is 13.7 Å². The molecule has 10 nitrogen and oxygen atoms in total. The van der Waals surface area contributed by atoms with Crippen molar-refractivity contribution in [3.05, 3.63) is 58.8 Å². The number of primary amides is 1. The highest BCUT2D eigenvalue weighted by Crippen LogP contribution is 2.26. The summed E-state index contributed by atoms with van der Waals surface area (Å²) in [4.78, 5) is 43.7. The Hall–Kier alpha value is -3.57. The van der Waals surface area contributed by atoms with E-state index in [0.29, 0.717) is 17.3 Å². The van der Waals surface area contributed by atoms with Gasteiger partial charge in [-0.15, -0.1) is 0 Å². The molecule has 3 amide bonds. The lowest BCUT2D eigenvalue weighted by atomic mass is 10.1. The number of aromatic nitrogens is 3. The van der Waals surface area contributed by atoms with E-state index in [1.807, 2.05) is 0 Å². The van der Waals surface area contributed by atoms with Crippen LogP contribution < -0.4 is 11.1 Å². The van der Waals surface area contributed by atoms with E-state index in [4.69, 9.17) is 22.1 Å². The predicted molar refractivity (Wildman–Crippen MR) is 125 cm³/mol. The normalized spacial score (nSPS) is 18.6. The number of pyridine rings is 1. The molecule has 1 fully saturated rings. The van der Waals surface area contributed by atoms with Crippen LogP contribution in [0.3, 0.4) is 0 Å². The monoisotopic (exact) mass is 502 g/mol.